The maximum atomic E-state index is 11.2. The molecule has 4 bridgehead atoms. The van der Waals surface area contributed by atoms with Crippen molar-refractivity contribution in [3.63, 3.8) is 0 Å². The molecule has 0 atom stereocenters. The van der Waals surface area contributed by atoms with Gasteiger partial charge >= 0.3 is 5.97 Å². The predicted octanol–water partition coefficient (Wildman–Crippen LogP) is 3.71. The molecule has 2 N–H and O–H groups in total. The second-order valence-electron chi connectivity index (χ2n) is 7.42. The van der Waals surface area contributed by atoms with Crippen LogP contribution >= 0.6 is 0 Å². The van der Waals surface area contributed by atoms with Crippen LogP contribution < -0.4 is 0 Å². The molecular formula is C18H22O3. The molecule has 0 aliphatic heterocycles. The Hall–Kier alpha value is -1.51. The van der Waals surface area contributed by atoms with Crippen molar-refractivity contribution in [2.24, 2.45) is 29.6 Å². The van der Waals surface area contributed by atoms with Crippen molar-refractivity contribution in [1.29, 1.82) is 0 Å². The number of carboxylic acids is 1. The predicted molar refractivity (Wildman–Crippen MR) is 79.3 cm³/mol. The Morgan fingerprint density at radius 3 is 2.24 bits per heavy atom. The fourth-order valence-electron chi connectivity index (χ4n) is 5.55. The van der Waals surface area contributed by atoms with Crippen LogP contribution in [-0.4, -0.2) is 16.2 Å². The van der Waals surface area contributed by atoms with E-state index in [4.69, 9.17) is 5.11 Å². The molecule has 112 valence electrons. The molecule has 0 spiro atoms. The summed E-state index contributed by atoms with van der Waals surface area (Å²) in [6, 6.07) is 5.14. The third-order valence-electron chi connectivity index (χ3n) is 6.23. The monoisotopic (exact) mass is 286 g/mol. The highest BCUT2D eigenvalue weighted by atomic mass is 16.4. The van der Waals surface area contributed by atoms with E-state index in [1.807, 2.05) is 6.07 Å². The normalized spacial score (nSPS) is 36.9. The summed E-state index contributed by atoms with van der Waals surface area (Å²) in [5.41, 5.74) is 0.865. The minimum Gasteiger partial charge on any atom is -0.507 e. The quantitative estimate of drug-likeness (QED) is 0.890. The Kier molecular flexibility index (Phi) is 2.98. The van der Waals surface area contributed by atoms with Gasteiger partial charge in [-0.2, -0.15) is 0 Å². The maximum Gasteiger partial charge on any atom is 0.339 e. The first-order chi connectivity index (χ1) is 10.1. The van der Waals surface area contributed by atoms with Gasteiger partial charge in [0.15, 0.2) is 0 Å². The van der Waals surface area contributed by atoms with E-state index in [2.05, 4.69) is 0 Å². The van der Waals surface area contributed by atoms with Crippen LogP contribution in [0.5, 0.6) is 5.75 Å². The van der Waals surface area contributed by atoms with Crippen LogP contribution in [0.4, 0.5) is 0 Å². The van der Waals surface area contributed by atoms with Crippen molar-refractivity contribution in [3.05, 3.63) is 29.3 Å². The van der Waals surface area contributed by atoms with Crippen molar-refractivity contribution >= 4 is 5.97 Å². The highest BCUT2D eigenvalue weighted by molar-refractivity contribution is 5.91. The van der Waals surface area contributed by atoms with E-state index < -0.39 is 5.97 Å². The molecule has 3 heteroatoms. The van der Waals surface area contributed by atoms with Gasteiger partial charge in [0.2, 0.25) is 0 Å². The zero-order chi connectivity index (χ0) is 14.6. The number of aromatic carboxylic acids is 1. The van der Waals surface area contributed by atoms with Crippen molar-refractivity contribution in [2.45, 2.75) is 38.5 Å². The van der Waals surface area contributed by atoms with E-state index in [-0.39, 0.29) is 11.3 Å². The minimum absolute atomic E-state index is 0.0150. The number of para-hydroxylation sites is 1. The highest BCUT2D eigenvalue weighted by Gasteiger charge is 2.48. The van der Waals surface area contributed by atoms with Gasteiger partial charge in [-0.25, -0.2) is 4.79 Å². The third-order valence-corrected chi connectivity index (χ3v) is 6.23. The zero-order valence-corrected chi connectivity index (χ0v) is 12.2. The van der Waals surface area contributed by atoms with Gasteiger partial charge in [0.05, 0.1) is 0 Å². The van der Waals surface area contributed by atoms with Gasteiger partial charge in [-0.15, -0.1) is 0 Å². The van der Waals surface area contributed by atoms with Crippen LogP contribution in [-0.2, 0) is 6.42 Å². The van der Waals surface area contributed by atoms with E-state index in [0.29, 0.717) is 5.92 Å². The topological polar surface area (TPSA) is 57.5 Å². The minimum atomic E-state index is -1.04. The van der Waals surface area contributed by atoms with E-state index in [1.165, 1.54) is 38.2 Å². The first-order valence-electron chi connectivity index (χ1n) is 8.16. The fourth-order valence-corrected chi connectivity index (χ4v) is 5.55. The van der Waals surface area contributed by atoms with E-state index in [1.54, 1.807) is 6.07 Å². The molecule has 0 saturated heterocycles. The molecule has 0 radical (unpaired) electrons. The van der Waals surface area contributed by atoms with E-state index in [9.17, 15) is 9.90 Å². The lowest BCUT2D eigenvalue weighted by atomic mass is 9.51. The maximum absolute atomic E-state index is 11.2. The van der Waals surface area contributed by atoms with Gasteiger partial charge in [0.25, 0.3) is 0 Å². The number of rotatable bonds is 3. The largest absolute Gasteiger partial charge is 0.507 e. The van der Waals surface area contributed by atoms with E-state index in [0.717, 1.165) is 35.7 Å². The Morgan fingerprint density at radius 2 is 1.67 bits per heavy atom. The molecule has 0 amide bonds. The average Bonchev–Trinajstić information content (AvgIpc) is 2.43. The van der Waals surface area contributed by atoms with Crippen molar-refractivity contribution in [1.82, 2.24) is 0 Å². The molecule has 0 heterocycles. The molecule has 4 aliphatic carbocycles. The number of hydrogen-bond acceptors (Lipinski definition) is 2. The second kappa shape index (κ2) is 4.75. The standard InChI is InChI=1S/C18H22O3/c19-17-12(2-1-3-15(17)18(20)21)9-16-13-5-10-4-11(7-13)8-14(16)6-10/h1-3,10-11,13-14,16,19H,4-9H2,(H,20,21). The van der Waals surface area contributed by atoms with Gasteiger partial charge in [-0.3, -0.25) is 0 Å². The molecule has 4 aliphatic rings. The number of benzene rings is 1. The van der Waals surface area contributed by atoms with Crippen molar-refractivity contribution in [2.75, 3.05) is 0 Å². The molecule has 1 aromatic carbocycles. The molecule has 1 aromatic rings. The Morgan fingerprint density at radius 1 is 1.05 bits per heavy atom. The van der Waals surface area contributed by atoms with Gasteiger partial charge in [0.1, 0.15) is 11.3 Å². The van der Waals surface area contributed by atoms with Crippen LogP contribution in [0.3, 0.4) is 0 Å². The number of phenols is 1. The SMILES string of the molecule is O=C(O)c1cccc(CC2C3CC4CC(C3)CC2C4)c1O. The third kappa shape index (κ3) is 2.14. The zero-order valence-electron chi connectivity index (χ0n) is 12.2. The average molecular weight is 286 g/mol. The first kappa shape index (κ1) is 13.2. The first-order valence-corrected chi connectivity index (χ1v) is 8.16. The van der Waals surface area contributed by atoms with Crippen LogP contribution in [0.2, 0.25) is 0 Å². The summed E-state index contributed by atoms with van der Waals surface area (Å²) in [4.78, 5) is 11.2. The molecule has 21 heavy (non-hydrogen) atoms. The van der Waals surface area contributed by atoms with Crippen molar-refractivity contribution < 1.29 is 15.0 Å². The van der Waals surface area contributed by atoms with Crippen molar-refractivity contribution in [3.8, 4) is 5.75 Å². The molecule has 5 rings (SSSR count). The number of aromatic hydroxyl groups is 1. The van der Waals surface area contributed by atoms with Gasteiger partial charge < -0.3 is 10.2 Å². The summed E-state index contributed by atoms with van der Waals surface area (Å²) in [7, 11) is 0. The lowest BCUT2D eigenvalue weighted by Gasteiger charge is -2.54. The van der Waals surface area contributed by atoms with Crippen LogP contribution in [0, 0.1) is 29.6 Å². The summed E-state index contributed by atoms with van der Waals surface area (Å²) in [6.07, 6.45) is 7.73. The molecular weight excluding hydrogens is 264 g/mol. The number of carboxylic acid groups (broad SMARTS) is 1. The van der Waals surface area contributed by atoms with Gasteiger partial charge in [-0.1, -0.05) is 12.1 Å². The highest BCUT2D eigenvalue weighted by Crippen LogP contribution is 2.57. The van der Waals surface area contributed by atoms with Gasteiger partial charge in [0, 0.05) is 0 Å². The summed E-state index contributed by atoms with van der Waals surface area (Å²) in [6.45, 7) is 0. The lowest BCUT2D eigenvalue weighted by Crippen LogP contribution is -2.45. The van der Waals surface area contributed by atoms with Gasteiger partial charge in [-0.05, 0) is 79.7 Å². The molecule has 0 aromatic heterocycles. The Bertz CT molecular complexity index is 550. The lowest BCUT2D eigenvalue weighted by molar-refractivity contribution is -0.0361. The smallest absolute Gasteiger partial charge is 0.339 e. The Balaban J connectivity index is 1.59. The number of hydrogen-bond donors (Lipinski definition) is 2. The molecule has 4 fully saturated rings. The summed E-state index contributed by atoms with van der Waals surface area (Å²) < 4.78 is 0. The molecule has 4 saturated carbocycles. The van der Waals surface area contributed by atoms with E-state index >= 15 is 0 Å². The Labute approximate surface area is 125 Å². The summed E-state index contributed by atoms with van der Waals surface area (Å²) in [5.74, 6) is 3.08. The number of carbonyl (C=O) groups is 1. The summed E-state index contributed by atoms with van der Waals surface area (Å²) >= 11 is 0. The van der Waals surface area contributed by atoms with Crippen LogP contribution in [0.25, 0.3) is 0 Å². The summed E-state index contributed by atoms with van der Waals surface area (Å²) in [5, 5.41) is 19.4. The molecule has 0 unspecified atom stereocenters. The van der Waals surface area contributed by atoms with Crippen LogP contribution in [0.15, 0.2) is 18.2 Å². The fraction of sp³-hybridized carbons (Fsp3) is 0.611. The molecule has 3 nitrogen and oxygen atoms in total. The second-order valence-corrected chi connectivity index (χ2v) is 7.42. The van der Waals surface area contributed by atoms with Crippen LogP contribution in [0.1, 0.15) is 48.0 Å².